The molecule has 94 valence electrons. The van der Waals surface area contributed by atoms with E-state index >= 15 is 0 Å². The molecule has 0 aromatic carbocycles. The normalized spacial score (nSPS) is 18.0. The Kier molecular flexibility index (Phi) is 6.27. The van der Waals surface area contributed by atoms with E-state index in [0.717, 1.165) is 31.5 Å². The molecule has 1 aliphatic rings. The average Bonchev–Trinajstić information content (AvgIpc) is 2.79. The summed E-state index contributed by atoms with van der Waals surface area (Å²) >= 11 is 0. The highest BCUT2D eigenvalue weighted by atomic mass is 15.2. The largest absolute Gasteiger partial charge is 0.370 e. The first kappa shape index (κ1) is 13.3. The summed E-state index contributed by atoms with van der Waals surface area (Å²) in [5.41, 5.74) is 5.91. The van der Waals surface area contributed by atoms with Crippen LogP contribution in [0.4, 0.5) is 0 Å². The average molecular weight is 225 g/mol. The highest BCUT2D eigenvalue weighted by Gasteiger charge is 2.13. The van der Waals surface area contributed by atoms with Gasteiger partial charge in [-0.25, -0.2) is 0 Å². The molecule has 0 bridgehead atoms. The molecule has 0 aromatic heterocycles. The number of nitrogens with two attached hydrogens (primary N) is 1. The van der Waals surface area contributed by atoms with Gasteiger partial charge in [0.2, 0.25) is 0 Å². The van der Waals surface area contributed by atoms with Gasteiger partial charge in [-0.2, -0.15) is 0 Å². The van der Waals surface area contributed by atoms with Crippen molar-refractivity contribution < 1.29 is 0 Å². The number of nitrogens with zero attached hydrogens (tertiary/aromatic N) is 2. The predicted octanol–water partition coefficient (Wildman–Crippen LogP) is 2.61. The van der Waals surface area contributed by atoms with Crippen molar-refractivity contribution in [2.24, 2.45) is 16.6 Å². The Morgan fingerprint density at radius 1 is 1.25 bits per heavy atom. The van der Waals surface area contributed by atoms with E-state index in [1.54, 1.807) is 0 Å². The van der Waals surface area contributed by atoms with Gasteiger partial charge in [-0.3, -0.25) is 4.99 Å². The summed E-state index contributed by atoms with van der Waals surface area (Å²) in [5, 5.41) is 0. The quantitative estimate of drug-likeness (QED) is 0.429. The topological polar surface area (TPSA) is 41.6 Å². The smallest absolute Gasteiger partial charge is 0.191 e. The van der Waals surface area contributed by atoms with Gasteiger partial charge in [-0.1, -0.05) is 25.7 Å². The molecule has 0 radical (unpaired) electrons. The summed E-state index contributed by atoms with van der Waals surface area (Å²) in [4.78, 5) is 6.55. The third-order valence-electron chi connectivity index (χ3n) is 3.61. The SMILES string of the molecule is CCN(CC)C(N)=NCCCC1CCCC1. The molecule has 1 rings (SSSR count). The second-order valence-electron chi connectivity index (χ2n) is 4.70. The fraction of sp³-hybridized carbons (Fsp3) is 0.923. The maximum Gasteiger partial charge on any atom is 0.191 e. The first-order chi connectivity index (χ1) is 7.77. The molecule has 3 heteroatoms. The van der Waals surface area contributed by atoms with Crippen molar-refractivity contribution in [1.29, 1.82) is 0 Å². The zero-order valence-electron chi connectivity index (χ0n) is 10.9. The second kappa shape index (κ2) is 7.53. The number of hydrogen-bond donors (Lipinski definition) is 1. The third-order valence-corrected chi connectivity index (χ3v) is 3.61. The van der Waals surface area contributed by atoms with Crippen LogP contribution in [0.3, 0.4) is 0 Å². The van der Waals surface area contributed by atoms with Crippen LogP contribution >= 0.6 is 0 Å². The maximum atomic E-state index is 5.91. The van der Waals surface area contributed by atoms with E-state index in [1.807, 2.05) is 0 Å². The summed E-state index contributed by atoms with van der Waals surface area (Å²) in [6.07, 6.45) is 8.30. The lowest BCUT2D eigenvalue weighted by Gasteiger charge is -2.19. The van der Waals surface area contributed by atoms with Crippen molar-refractivity contribution in [3.63, 3.8) is 0 Å². The van der Waals surface area contributed by atoms with Gasteiger partial charge in [-0.05, 0) is 32.6 Å². The van der Waals surface area contributed by atoms with Crippen LogP contribution in [0.15, 0.2) is 4.99 Å². The zero-order chi connectivity index (χ0) is 11.8. The predicted molar refractivity (Wildman–Crippen MR) is 70.6 cm³/mol. The van der Waals surface area contributed by atoms with Gasteiger partial charge in [0, 0.05) is 19.6 Å². The second-order valence-corrected chi connectivity index (χ2v) is 4.70. The zero-order valence-corrected chi connectivity index (χ0v) is 10.9. The van der Waals surface area contributed by atoms with Crippen LogP contribution in [-0.2, 0) is 0 Å². The Morgan fingerprint density at radius 3 is 2.44 bits per heavy atom. The van der Waals surface area contributed by atoms with Crippen LogP contribution in [-0.4, -0.2) is 30.5 Å². The van der Waals surface area contributed by atoms with Gasteiger partial charge in [0.05, 0.1) is 0 Å². The van der Waals surface area contributed by atoms with E-state index in [-0.39, 0.29) is 0 Å². The van der Waals surface area contributed by atoms with Crippen molar-refractivity contribution in [3.05, 3.63) is 0 Å². The lowest BCUT2D eigenvalue weighted by atomic mass is 10.0. The van der Waals surface area contributed by atoms with Crippen LogP contribution in [0, 0.1) is 5.92 Å². The van der Waals surface area contributed by atoms with Gasteiger partial charge < -0.3 is 10.6 Å². The molecule has 0 atom stereocenters. The van der Waals surface area contributed by atoms with Crippen LogP contribution in [0.2, 0.25) is 0 Å². The van der Waals surface area contributed by atoms with Gasteiger partial charge in [0.15, 0.2) is 5.96 Å². The maximum absolute atomic E-state index is 5.91. The van der Waals surface area contributed by atoms with Gasteiger partial charge >= 0.3 is 0 Å². The minimum Gasteiger partial charge on any atom is -0.370 e. The summed E-state index contributed by atoms with van der Waals surface area (Å²) < 4.78 is 0. The molecule has 0 aromatic rings. The fourth-order valence-electron chi connectivity index (χ4n) is 2.52. The van der Waals surface area contributed by atoms with E-state index in [9.17, 15) is 0 Å². The molecule has 0 spiro atoms. The highest BCUT2D eigenvalue weighted by Crippen LogP contribution is 2.28. The van der Waals surface area contributed by atoms with E-state index in [2.05, 4.69) is 23.7 Å². The lowest BCUT2D eigenvalue weighted by Crippen LogP contribution is -2.37. The van der Waals surface area contributed by atoms with Crippen molar-refractivity contribution in [1.82, 2.24) is 4.90 Å². The third kappa shape index (κ3) is 4.42. The van der Waals surface area contributed by atoms with Crippen LogP contribution in [0.1, 0.15) is 52.4 Å². The van der Waals surface area contributed by atoms with Crippen molar-refractivity contribution in [3.8, 4) is 0 Å². The van der Waals surface area contributed by atoms with Gasteiger partial charge in [0.1, 0.15) is 0 Å². The molecule has 0 aliphatic heterocycles. The van der Waals surface area contributed by atoms with Crippen LogP contribution < -0.4 is 5.73 Å². The molecule has 3 nitrogen and oxygen atoms in total. The van der Waals surface area contributed by atoms with Gasteiger partial charge in [0.25, 0.3) is 0 Å². The molecule has 16 heavy (non-hydrogen) atoms. The van der Waals surface area contributed by atoms with E-state index < -0.39 is 0 Å². The molecule has 0 unspecified atom stereocenters. The Bertz CT molecular complexity index is 203. The molecule has 1 saturated carbocycles. The first-order valence-electron chi connectivity index (χ1n) is 6.82. The van der Waals surface area contributed by atoms with Crippen molar-refractivity contribution >= 4 is 5.96 Å². The molecular formula is C13H27N3. The number of aliphatic imine (C=N–C) groups is 1. The van der Waals surface area contributed by atoms with Gasteiger partial charge in [-0.15, -0.1) is 0 Å². The Morgan fingerprint density at radius 2 is 1.88 bits per heavy atom. The molecular weight excluding hydrogens is 198 g/mol. The summed E-state index contributed by atoms with van der Waals surface area (Å²) in [6, 6.07) is 0. The molecule has 1 fully saturated rings. The van der Waals surface area contributed by atoms with Crippen LogP contribution in [0.5, 0.6) is 0 Å². The molecule has 2 N–H and O–H groups in total. The fourth-order valence-corrected chi connectivity index (χ4v) is 2.52. The molecule has 0 heterocycles. The van der Waals surface area contributed by atoms with Crippen LogP contribution in [0.25, 0.3) is 0 Å². The van der Waals surface area contributed by atoms with Crippen molar-refractivity contribution in [2.75, 3.05) is 19.6 Å². The first-order valence-corrected chi connectivity index (χ1v) is 6.82. The summed E-state index contributed by atoms with van der Waals surface area (Å²) in [7, 11) is 0. The minimum atomic E-state index is 0.719. The Hall–Kier alpha value is -0.730. The Labute approximate surface area is 100 Å². The minimum absolute atomic E-state index is 0.719. The monoisotopic (exact) mass is 225 g/mol. The number of rotatable bonds is 6. The molecule has 1 aliphatic carbocycles. The standard InChI is InChI=1S/C13H27N3/c1-3-16(4-2)13(14)15-11-7-10-12-8-5-6-9-12/h12H,3-11H2,1-2H3,(H2,14,15). The lowest BCUT2D eigenvalue weighted by molar-refractivity contribution is 0.454. The Balaban J connectivity index is 2.14. The van der Waals surface area contributed by atoms with Crippen molar-refractivity contribution in [2.45, 2.75) is 52.4 Å². The molecule has 0 saturated heterocycles. The highest BCUT2D eigenvalue weighted by molar-refractivity contribution is 5.77. The number of hydrogen-bond acceptors (Lipinski definition) is 1. The van der Waals surface area contributed by atoms with E-state index in [4.69, 9.17) is 5.73 Å². The molecule has 0 amide bonds. The van der Waals surface area contributed by atoms with E-state index in [0.29, 0.717) is 0 Å². The number of guanidine groups is 1. The summed E-state index contributed by atoms with van der Waals surface area (Å²) in [5.74, 6) is 1.70. The van der Waals surface area contributed by atoms with E-state index in [1.165, 1.54) is 38.5 Å². The summed E-state index contributed by atoms with van der Waals surface area (Å²) in [6.45, 7) is 7.04.